The van der Waals surface area contributed by atoms with Crippen molar-refractivity contribution in [3.63, 3.8) is 0 Å². The van der Waals surface area contributed by atoms with Crippen LogP contribution in [0.4, 0.5) is 0 Å². The standard InChI is InChI=1S/C11H8ClNO2/c1-6-5-8-7(11(14)15)3-2-4-9(8)13-10(6)12/h2-5H,1H3,(H,14,15). The van der Waals surface area contributed by atoms with Crippen molar-refractivity contribution >= 4 is 28.5 Å². The molecule has 0 spiro atoms. The van der Waals surface area contributed by atoms with Crippen molar-refractivity contribution in [3.8, 4) is 0 Å². The highest BCUT2D eigenvalue weighted by atomic mass is 35.5. The van der Waals surface area contributed by atoms with Crippen LogP contribution in [0, 0.1) is 6.92 Å². The van der Waals surface area contributed by atoms with Gasteiger partial charge in [0.25, 0.3) is 0 Å². The molecule has 1 N–H and O–H groups in total. The van der Waals surface area contributed by atoms with Crippen molar-refractivity contribution in [1.29, 1.82) is 0 Å². The summed E-state index contributed by atoms with van der Waals surface area (Å²) in [6.45, 7) is 1.80. The lowest BCUT2D eigenvalue weighted by Crippen LogP contribution is -1.98. The second-order valence-corrected chi connectivity index (χ2v) is 3.63. The van der Waals surface area contributed by atoms with E-state index in [1.807, 2.05) is 0 Å². The van der Waals surface area contributed by atoms with E-state index >= 15 is 0 Å². The number of nitrogens with zero attached hydrogens (tertiary/aromatic N) is 1. The van der Waals surface area contributed by atoms with Crippen LogP contribution in [0.2, 0.25) is 5.15 Å². The lowest BCUT2D eigenvalue weighted by Gasteiger charge is -2.04. The largest absolute Gasteiger partial charge is 0.478 e. The number of pyridine rings is 1. The molecule has 1 heterocycles. The highest BCUT2D eigenvalue weighted by Crippen LogP contribution is 2.22. The summed E-state index contributed by atoms with van der Waals surface area (Å²) < 4.78 is 0. The lowest BCUT2D eigenvalue weighted by atomic mass is 10.1. The Morgan fingerprint density at radius 3 is 2.87 bits per heavy atom. The van der Waals surface area contributed by atoms with E-state index in [-0.39, 0.29) is 5.56 Å². The molecule has 4 heteroatoms. The average Bonchev–Trinajstić information content (AvgIpc) is 2.18. The Morgan fingerprint density at radius 1 is 1.47 bits per heavy atom. The number of benzene rings is 1. The normalized spacial score (nSPS) is 10.5. The molecule has 0 aliphatic heterocycles. The maximum absolute atomic E-state index is 11.0. The van der Waals surface area contributed by atoms with Gasteiger partial charge in [-0.05, 0) is 30.7 Å². The zero-order valence-electron chi connectivity index (χ0n) is 7.99. The van der Waals surface area contributed by atoms with Crippen molar-refractivity contribution in [2.75, 3.05) is 0 Å². The quantitative estimate of drug-likeness (QED) is 0.754. The Balaban J connectivity index is 2.86. The summed E-state index contributed by atoms with van der Waals surface area (Å²) in [7, 11) is 0. The Morgan fingerprint density at radius 2 is 2.20 bits per heavy atom. The molecular weight excluding hydrogens is 214 g/mol. The fraction of sp³-hybridized carbons (Fsp3) is 0.0909. The number of aryl methyl sites for hydroxylation is 1. The Labute approximate surface area is 91.3 Å². The van der Waals surface area contributed by atoms with Crippen molar-refractivity contribution in [3.05, 3.63) is 40.5 Å². The highest BCUT2D eigenvalue weighted by molar-refractivity contribution is 6.30. The van der Waals surface area contributed by atoms with Crippen LogP contribution in [-0.2, 0) is 0 Å². The minimum atomic E-state index is -0.955. The van der Waals surface area contributed by atoms with Gasteiger partial charge in [0.1, 0.15) is 5.15 Å². The van der Waals surface area contributed by atoms with E-state index in [9.17, 15) is 4.79 Å². The van der Waals surface area contributed by atoms with Gasteiger partial charge in [-0.15, -0.1) is 0 Å². The lowest BCUT2D eigenvalue weighted by molar-refractivity contribution is 0.0699. The topological polar surface area (TPSA) is 50.2 Å². The average molecular weight is 222 g/mol. The Bertz CT molecular complexity index is 552. The molecule has 0 aliphatic rings. The van der Waals surface area contributed by atoms with Crippen molar-refractivity contribution in [2.45, 2.75) is 6.92 Å². The zero-order chi connectivity index (χ0) is 11.0. The van der Waals surface area contributed by atoms with Crippen LogP contribution < -0.4 is 0 Å². The van der Waals surface area contributed by atoms with Gasteiger partial charge in [0.05, 0.1) is 11.1 Å². The number of fused-ring (bicyclic) bond motifs is 1. The molecule has 0 fully saturated rings. The summed E-state index contributed by atoms with van der Waals surface area (Å²) >= 11 is 5.86. The van der Waals surface area contributed by atoms with Gasteiger partial charge in [0.2, 0.25) is 0 Å². The van der Waals surface area contributed by atoms with Gasteiger partial charge in [-0.3, -0.25) is 0 Å². The molecule has 0 amide bonds. The summed E-state index contributed by atoms with van der Waals surface area (Å²) in [5.74, 6) is -0.955. The third-order valence-electron chi connectivity index (χ3n) is 2.22. The number of aromatic carboxylic acids is 1. The van der Waals surface area contributed by atoms with Gasteiger partial charge < -0.3 is 5.11 Å². The maximum Gasteiger partial charge on any atom is 0.336 e. The van der Waals surface area contributed by atoms with Crippen LogP contribution in [0.15, 0.2) is 24.3 Å². The molecule has 3 nitrogen and oxygen atoms in total. The summed E-state index contributed by atoms with van der Waals surface area (Å²) in [6.07, 6.45) is 0. The van der Waals surface area contributed by atoms with Gasteiger partial charge in [-0.1, -0.05) is 17.7 Å². The van der Waals surface area contributed by atoms with Gasteiger partial charge >= 0.3 is 5.97 Å². The highest BCUT2D eigenvalue weighted by Gasteiger charge is 2.10. The number of aromatic nitrogens is 1. The molecule has 0 unspecified atom stereocenters. The van der Waals surface area contributed by atoms with Crippen LogP contribution >= 0.6 is 11.6 Å². The maximum atomic E-state index is 11.0. The number of carbonyl (C=O) groups is 1. The molecule has 0 saturated heterocycles. The Kier molecular flexibility index (Phi) is 2.32. The number of rotatable bonds is 1. The van der Waals surface area contributed by atoms with E-state index in [0.29, 0.717) is 16.1 Å². The number of hydrogen-bond acceptors (Lipinski definition) is 2. The molecule has 2 rings (SSSR count). The van der Waals surface area contributed by atoms with Crippen LogP contribution in [0.1, 0.15) is 15.9 Å². The molecule has 1 aromatic carbocycles. The fourth-order valence-corrected chi connectivity index (χ4v) is 1.60. The zero-order valence-corrected chi connectivity index (χ0v) is 8.75. The second-order valence-electron chi connectivity index (χ2n) is 3.27. The van der Waals surface area contributed by atoms with Crippen LogP contribution in [0.25, 0.3) is 10.9 Å². The van der Waals surface area contributed by atoms with Gasteiger partial charge in [-0.25, -0.2) is 9.78 Å². The molecular formula is C11H8ClNO2. The third kappa shape index (κ3) is 1.66. The first-order valence-corrected chi connectivity index (χ1v) is 4.76. The molecule has 1 aromatic heterocycles. The predicted octanol–water partition coefficient (Wildman–Crippen LogP) is 2.89. The first-order valence-electron chi connectivity index (χ1n) is 4.39. The number of halogens is 1. The molecule has 0 saturated carbocycles. The summed E-state index contributed by atoms with van der Waals surface area (Å²) in [4.78, 5) is 15.1. The third-order valence-corrected chi connectivity index (χ3v) is 2.60. The van der Waals surface area contributed by atoms with E-state index < -0.39 is 5.97 Å². The van der Waals surface area contributed by atoms with E-state index in [2.05, 4.69) is 4.98 Å². The van der Waals surface area contributed by atoms with E-state index in [0.717, 1.165) is 5.56 Å². The Hall–Kier alpha value is -1.61. The molecule has 76 valence electrons. The minimum Gasteiger partial charge on any atom is -0.478 e. The molecule has 0 aliphatic carbocycles. The summed E-state index contributed by atoms with van der Waals surface area (Å²) in [6, 6.07) is 6.70. The van der Waals surface area contributed by atoms with E-state index in [4.69, 9.17) is 16.7 Å². The second kappa shape index (κ2) is 3.51. The number of hydrogen-bond donors (Lipinski definition) is 1. The SMILES string of the molecule is Cc1cc2c(C(=O)O)cccc2nc1Cl. The van der Waals surface area contributed by atoms with Gasteiger partial charge in [-0.2, -0.15) is 0 Å². The monoisotopic (exact) mass is 221 g/mol. The molecule has 0 bridgehead atoms. The van der Waals surface area contributed by atoms with Gasteiger partial charge in [0, 0.05) is 5.39 Å². The van der Waals surface area contributed by atoms with Crippen molar-refractivity contribution < 1.29 is 9.90 Å². The first-order chi connectivity index (χ1) is 7.09. The molecule has 0 radical (unpaired) electrons. The van der Waals surface area contributed by atoms with Crippen LogP contribution in [0.5, 0.6) is 0 Å². The van der Waals surface area contributed by atoms with Crippen LogP contribution in [0.3, 0.4) is 0 Å². The smallest absolute Gasteiger partial charge is 0.336 e. The predicted molar refractivity (Wildman–Crippen MR) is 58.4 cm³/mol. The van der Waals surface area contributed by atoms with E-state index in [1.54, 1.807) is 31.2 Å². The fourth-order valence-electron chi connectivity index (χ4n) is 1.46. The molecule has 15 heavy (non-hydrogen) atoms. The molecule has 0 atom stereocenters. The van der Waals surface area contributed by atoms with Gasteiger partial charge in [0.15, 0.2) is 0 Å². The summed E-state index contributed by atoms with van der Waals surface area (Å²) in [5, 5.41) is 10.0. The number of carboxylic acids is 1. The van der Waals surface area contributed by atoms with Crippen molar-refractivity contribution in [2.24, 2.45) is 0 Å². The number of carboxylic acid groups (broad SMARTS) is 1. The van der Waals surface area contributed by atoms with Crippen molar-refractivity contribution in [1.82, 2.24) is 4.98 Å². The van der Waals surface area contributed by atoms with E-state index in [1.165, 1.54) is 0 Å². The first kappa shape index (κ1) is 9.93. The minimum absolute atomic E-state index is 0.250. The summed E-state index contributed by atoms with van der Waals surface area (Å²) in [5.41, 5.74) is 1.63. The van der Waals surface area contributed by atoms with Crippen LogP contribution in [-0.4, -0.2) is 16.1 Å². The molecule has 2 aromatic rings.